The molecule has 0 saturated carbocycles. The molecule has 0 amide bonds. The van der Waals surface area contributed by atoms with Gasteiger partial charge in [-0.2, -0.15) is 0 Å². The zero-order valence-electron chi connectivity index (χ0n) is 7.92. The standard InChI is InChI=1S/C6H11NO3.Na.H/c1-2-3-5(8)10-6(9)4-7;;/h2-4,7H2,1H3;;/q;+1;-1. The third kappa shape index (κ3) is 8.00. The minimum absolute atomic E-state index is 0. The molecule has 0 aromatic heterocycles. The van der Waals surface area contributed by atoms with E-state index in [1.807, 2.05) is 6.92 Å². The molecule has 0 aliphatic carbocycles. The molecule has 60 valence electrons. The van der Waals surface area contributed by atoms with E-state index in [2.05, 4.69) is 4.74 Å². The molecule has 0 bridgehead atoms. The topological polar surface area (TPSA) is 69.4 Å². The Morgan fingerprint density at radius 3 is 2.36 bits per heavy atom. The van der Waals surface area contributed by atoms with Crippen LogP contribution in [0.15, 0.2) is 0 Å². The van der Waals surface area contributed by atoms with Crippen LogP contribution in [0.5, 0.6) is 0 Å². The molecule has 5 heteroatoms. The molecule has 0 heterocycles. The first-order valence-electron chi connectivity index (χ1n) is 3.14. The monoisotopic (exact) mass is 169 g/mol. The molecular formula is C6H12NNaO3. The van der Waals surface area contributed by atoms with Gasteiger partial charge in [-0.05, 0) is 6.42 Å². The Bertz CT molecular complexity index is 143. The van der Waals surface area contributed by atoms with Gasteiger partial charge in [0, 0.05) is 6.42 Å². The van der Waals surface area contributed by atoms with Gasteiger partial charge in [-0.15, -0.1) is 0 Å². The quantitative estimate of drug-likeness (QED) is 0.276. The molecule has 0 aliphatic heterocycles. The number of carbonyl (C=O) groups excluding carboxylic acids is 2. The van der Waals surface area contributed by atoms with E-state index < -0.39 is 11.9 Å². The van der Waals surface area contributed by atoms with Crippen LogP contribution < -0.4 is 35.3 Å². The summed E-state index contributed by atoms with van der Waals surface area (Å²) in [5.74, 6) is -1.17. The average Bonchev–Trinajstić information content (AvgIpc) is 1.88. The van der Waals surface area contributed by atoms with Gasteiger partial charge in [0.2, 0.25) is 0 Å². The number of esters is 2. The minimum Gasteiger partial charge on any atom is -1.00 e. The van der Waals surface area contributed by atoms with Gasteiger partial charge in [-0.1, -0.05) is 6.92 Å². The summed E-state index contributed by atoms with van der Waals surface area (Å²) >= 11 is 0. The maximum Gasteiger partial charge on any atom is 1.00 e. The fraction of sp³-hybridized carbons (Fsp3) is 0.667. The number of hydrogen-bond acceptors (Lipinski definition) is 4. The van der Waals surface area contributed by atoms with Crippen molar-refractivity contribution in [2.45, 2.75) is 19.8 Å². The molecular weight excluding hydrogens is 157 g/mol. The predicted octanol–water partition coefficient (Wildman–Crippen LogP) is -3.07. The van der Waals surface area contributed by atoms with Crippen LogP contribution in [0.25, 0.3) is 0 Å². The number of rotatable bonds is 3. The maximum atomic E-state index is 10.5. The second kappa shape index (κ2) is 8.20. The first kappa shape index (κ1) is 13.7. The first-order chi connectivity index (χ1) is 4.70. The fourth-order valence-corrected chi connectivity index (χ4v) is 0.424. The van der Waals surface area contributed by atoms with Gasteiger partial charge in [-0.25, -0.2) is 0 Å². The van der Waals surface area contributed by atoms with E-state index in [0.717, 1.165) is 0 Å². The molecule has 0 rings (SSSR count). The summed E-state index contributed by atoms with van der Waals surface area (Å²) in [7, 11) is 0. The maximum absolute atomic E-state index is 10.5. The minimum atomic E-state index is -0.668. The van der Waals surface area contributed by atoms with Crippen molar-refractivity contribution in [1.29, 1.82) is 0 Å². The summed E-state index contributed by atoms with van der Waals surface area (Å²) < 4.78 is 4.24. The molecule has 0 atom stereocenters. The third-order valence-corrected chi connectivity index (χ3v) is 0.848. The Balaban J connectivity index is -0.000000405. The third-order valence-electron chi connectivity index (χ3n) is 0.848. The number of ether oxygens (including phenoxy) is 1. The SMILES string of the molecule is CCCC(=O)OC(=O)CN.[H-].[Na+]. The van der Waals surface area contributed by atoms with Crippen LogP contribution in [-0.4, -0.2) is 18.5 Å². The number of hydrogen-bond donors (Lipinski definition) is 1. The van der Waals surface area contributed by atoms with Crippen LogP contribution in [0.3, 0.4) is 0 Å². The summed E-state index contributed by atoms with van der Waals surface area (Å²) in [5, 5.41) is 0. The second-order valence-corrected chi connectivity index (χ2v) is 1.80. The zero-order chi connectivity index (χ0) is 7.98. The Morgan fingerprint density at radius 2 is 2.00 bits per heavy atom. The Kier molecular flexibility index (Phi) is 10.2. The summed E-state index contributed by atoms with van der Waals surface area (Å²) in [4.78, 5) is 20.8. The molecule has 0 radical (unpaired) electrons. The van der Waals surface area contributed by atoms with Crippen molar-refractivity contribution in [3.63, 3.8) is 0 Å². The van der Waals surface area contributed by atoms with Gasteiger partial charge in [0.25, 0.3) is 0 Å². The van der Waals surface area contributed by atoms with Crippen molar-refractivity contribution >= 4 is 11.9 Å². The van der Waals surface area contributed by atoms with Gasteiger partial charge < -0.3 is 11.9 Å². The van der Waals surface area contributed by atoms with E-state index in [1.165, 1.54) is 0 Å². The fourth-order valence-electron chi connectivity index (χ4n) is 0.424. The van der Waals surface area contributed by atoms with Crippen molar-refractivity contribution in [3.05, 3.63) is 0 Å². The summed E-state index contributed by atoms with van der Waals surface area (Å²) in [6.07, 6.45) is 0.947. The Morgan fingerprint density at radius 1 is 1.45 bits per heavy atom. The summed E-state index contributed by atoms with van der Waals surface area (Å²) in [6, 6.07) is 0. The van der Waals surface area contributed by atoms with Gasteiger partial charge in [0.15, 0.2) is 0 Å². The average molecular weight is 169 g/mol. The van der Waals surface area contributed by atoms with Crippen LogP contribution in [0.2, 0.25) is 0 Å². The van der Waals surface area contributed by atoms with Crippen LogP contribution in [0.4, 0.5) is 0 Å². The van der Waals surface area contributed by atoms with Crippen LogP contribution in [0, 0.1) is 0 Å². The van der Waals surface area contributed by atoms with E-state index in [9.17, 15) is 9.59 Å². The van der Waals surface area contributed by atoms with E-state index in [0.29, 0.717) is 6.42 Å². The van der Waals surface area contributed by atoms with Gasteiger partial charge in [0.1, 0.15) is 0 Å². The van der Waals surface area contributed by atoms with E-state index >= 15 is 0 Å². The Hall–Kier alpha value is 0.1000. The van der Waals surface area contributed by atoms with Crippen molar-refractivity contribution in [2.24, 2.45) is 5.73 Å². The van der Waals surface area contributed by atoms with Gasteiger partial charge in [0.05, 0.1) is 6.54 Å². The van der Waals surface area contributed by atoms with E-state index in [4.69, 9.17) is 5.73 Å². The van der Waals surface area contributed by atoms with E-state index in [-0.39, 0.29) is 43.9 Å². The molecule has 0 saturated heterocycles. The van der Waals surface area contributed by atoms with Crippen molar-refractivity contribution in [2.75, 3.05) is 6.54 Å². The van der Waals surface area contributed by atoms with Crippen molar-refractivity contribution < 1.29 is 45.3 Å². The summed E-state index contributed by atoms with van der Waals surface area (Å²) in [6.45, 7) is 1.59. The number of carbonyl (C=O) groups is 2. The Labute approximate surface area is 89.2 Å². The number of nitrogens with two attached hydrogens (primary N) is 1. The normalized spacial score (nSPS) is 8.18. The molecule has 0 spiro atoms. The van der Waals surface area contributed by atoms with Gasteiger partial charge >= 0.3 is 41.5 Å². The first-order valence-corrected chi connectivity index (χ1v) is 3.14. The molecule has 0 aromatic rings. The molecule has 11 heavy (non-hydrogen) atoms. The summed E-state index contributed by atoms with van der Waals surface area (Å²) in [5.41, 5.74) is 4.89. The molecule has 0 fully saturated rings. The van der Waals surface area contributed by atoms with Crippen LogP contribution in [-0.2, 0) is 14.3 Å². The predicted molar refractivity (Wildman–Crippen MR) is 36.2 cm³/mol. The molecule has 0 aromatic carbocycles. The second-order valence-electron chi connectivity index (χ2n) is 1.80. The molecule has 0 unspecified atom stereocenters. The van der Waals surface area contributed by atoms with Crippen molar-refractivity contribution in [3.8, 4) is 0 Å². The smallest absolute Gasteiger partial charge is 1.00 e. The van der Waals surface area contributed by atoms with Gasteiger partial charge in [-0.3, -0.25) is 9.59 Å². The molecule has 2 N–H and O–H groups in total. The van der Waals surface area contributed by atoms with E-state index in [1.54, 1.807) is 0 Å². The van der Waals surface area contributed by atoms with Crippen molar-refractivity contribution in [1.82, 2.24) is 0 Å². The zero-order valence-corrected chi connectivity index (χ0v) is 8.92. The molecule has 4 nitrogen and oxygen atoms in total. The largest absolute Gasteiger partial charge is 1.00 e. The van der Waals surface area contributed by atoms with Crippen LogP contribution >= 0.6 is 0 Å². The van der Waals surface area contributed by atoms with Crippen LogP contribution in [0.1, 0.15) is 21.2 Å². The molecule has 0 aliphatic rings.